The summed E-state index contributed by atoms with van der Waals surface area (Å²) in [7, 11) is 0. The van der Waals surface area contributed by atoms with Crippen LogP contribution in [-0.4, -0.2) is 17.1 Å². The molecule has 2 aromatic rings. The van der Waals surface area contributed by atoms with Crippen molar-refractivity contribution in [3.05, 3.63) is 50.1 Å². The summed E-state index contributed by atoms with van der Waals surface area (Å²) in [6, 6.07) is 6.65. The zero-order valence-corrected chi connectivity index (χ0v) is 13.6. The van der Waals surface area contributed by atoms with Crippen LogP contribution >= 0.6 is 38.9 Å². The molecule has 0 spiro atoms. The number of carbonyl (C=O) groups excluding carboxylic acids is 1. The third kappa shape index (κ3) is 3.96. The summed E-state index contributed by atoms with van der Waals surface area (Å²) in [6.45, 7) is 0. The number of carboxylic acids is 1. The summed E-state index contributed by atoms with van der Waals surface area (Å²) in [5, 5.41) is 16.4. The van der Waals surface area contributed by atoms with Crippen molar-refractivity contribution in [2.24, 2.45) is 0 Å². The van der Waals surface area contributed by atoms with E-state index in [1.807, 2.05) is 0 Å². The molecular weight excluding hydrogens is 380 g/mol. The summed E-state index contributed by atoms with van der Waals surface area (Å²) < 4.78 is 0.532. The maximum atomic E-state index is 11.9. The van der Waals surface area contributed by atoms with Crippen molar-refractivity contribution in [2.45, 2.75) is 6.04 Å². The van der Waals surface area contributed by atoms with E-state index < -0.39 is 18.0 Å². The summed E-state index contributed by atoms with van der Waals surface area (Å²) in [6.07, 6.45) is 0. The number of anilines is 1. The van der Waals surface area contributed by atoms with Gasteiger partial charge < -0.3 is 15.7 Å². The van der Waals surface area contributed by atoms with Crippen LogP contribution < -0.4 is 10.6 Å². The van der Waals surface area contributed by atoms with E-state index in [2.05, 4.69) is 26.6 Å². The van der Waals surface area contributed by atoms with Gasteiger partial charge in [-0.25, -0.2) is 9.59 Å². The maximum absolute atomic E-state index is 11.9. The van der Waals surface area contributed by atoms with Crippen LogP contribution in [0, 0.1) is 0 Å². The van der Waals surface area contributed by atoms with Gasteiger partial charge in [-0.15, -0.1) is 11.3 Å². The maximum Gasteiger partial charge on any atom is 0.331 e. The number of thiophene rings is 1. The average molecular weight is 390 g/mol. The van der Waals surface area contributed by atoms with Crippen LogP contribution in [0.2, 0.25) is 5.02 Å². The van der Waals surface area contributed by atoms with Gasteiger partial charge in [-0.1, -0.05) is 23.7 Å². The first-order valence-electron chi connectivity index (χ1n) is 5.77. The van der Waals surface area contributed by atoms with Gasteiger partial charge in [0.15, 0.2) is 6.04 Å². The molecule has 1 atom stereocenters. The van der Waals surface area contributed by atoms with Gasteiger partial charge in [0.2, 0.25) is 0 Å². The second-order valence-corrected chi connectivity index (χ2v) is 6.17. The molecule has 2 rings (SSSR count). The Morgan fingerprint density at radius 3 is 2.67 bits per heavy atom. The standard InChI is InChI=1S/C13H10BrClN2O3S/c14-10-7(15)3-1-4-8(10)16-13(20)17-11(12(18)19)9-5-2-6-21-9/h1-6,11H,(H,18,19)(H2,16,17,20). The Balaban J connectivity index is 2.10. The number of urea groups is 1. The fourth-order valence-corrected chi connectivity index (χ4v) is 2.91. The van der Waals surface area contributed by atoms with E-state index in [-0.39, 0.29) is 0 Å². The van der Waals surface area contributed by atoms with Crippen LogP contribution in [-0.2, 0) is 4.79 Å². The fourth-order valence-electron chi connectivity index (χ4n) is 1.60. The van der Waals surface area contributed by atoms with E-state index in [4.69, 9.17) is 11.6 Å². The number of aliphatic carboxylic acids is 1. The third-order valence-corrected chi connectivity index (χ3v) is 4.88. The van der Waals surface area contributed by atoms with Crippen molar-refractivity contribution in [2.75, 3.05) is 5.32 Å². The van der Waals surface area contributed by atoms with Crippen molar-refractivity contribution in [3.63, 3.8) is 0 Å². The molecule has 0 bridgehead atoms. The van der Waals surface area contributed by atoms with Gasteiger partial charge in [0, 0.05) is 4.88 Å². The topological polar surface area (TPSA) is 78.4 Å². The van der Waals surface area contributed by atoms with E-state index in [0.29, 0.717) is 20.1 Å². The Bertz CT molecular complexity index is 663. The first-order chi connectivity index (χ1) is 9.99. The van der Waals surface area contributed by atoms with Gasteiger partial charge in [0.1, 0.15) is 0 Å². The molecule has 1 unspecified atom stereocenters. The van der Waals surface area contributed by atoms with Gasteiger partial charge in [-0.2, -0.15) is 0 Å². The summed E-state index contributed by atoms with van der Waals surface area (Å²) in [5.41, 5.74) is 0.454. The van der Waals surface area contributed by atoms with Crippen LogP contribution in [0.15, 0.2) is 40.2 Å². The molecular formula is C13H10BrClN2O3S. The predicted molar refractivity (Wildman–Crippen MR) is 86.0 cm³/mol. The zero-order chi connectivity index (χ0) is 15.4. The number of amides is 2. The molecule has 110 valence electrons. The number of hydrogen-bond acceptors (Lipinski definition) is 3. The summed E-state index contributed by atoms with van der Waals surface area (Å²) in [4.78, 5) is 23.7. The van der Waals surface area contributed by atoms with E-state index in [9.17, 15) is 14.7 Å². The Labute approximate surface area is 138 Å². The van der Waals surface area contributed by atoms with Crippen molar-refractivity contribution in [1.82, 2.24) is 5.32 Å². The quantitative estimate of drug-likeness (QED) is 0.736. The van der Waals surface area contributed by atoms with Crippen LogP contribution in [0.4, 0.5) is 10.5 Å². The first-order valence-corrected chi connectivity index (χ1v) is 7.82. The van der Waals surface area contributed by atoms with Crippen molar-refractivity contribution < 1.29 is 14.7 Å². The highest BCUT2D eigenvalue weighted by molar-refractivity contribution is 9.10. The minimum absolute atomic E-state index is 0.445. The minimum Gasteiger partial charge on any atom is -0.479 e. The van der Waals surface area contributed by atoms with Crippen molar-refractivity contribution in [1.29, 1.82) is 0 Å². The average Bonchev–Trinajstić information content (AvgIpc) is 2.95. The Morgan fingerprint density at radius 1 is 1.29 bits per heavy atom. The molecule has 3 N–H and O–H groups in total. The van der Waals surface area contributed by atoms with E-state index in [0.717, 1.165) is 0 Å². The van der Waals surface area contributed by atoms with Crippen molar-refractivity contribution >= 4 is 56.6 Å². The molecule has 0 saturated heterocycles. The Morgan fingerprint density at radius 2 is 2.05 bits per heavy atom. The third-order valence-electron chi connectivity index (χ3n) is 2.55. The van der Waals surface area contributed by atoms with Gasteiger partial charge >= 0.3 is 12.0 Å². The van der Waals surface area contributed by atoms with Crippen molar-refractivity contribution in [3.8, 4) is 0 Å². The van der Waals surface area contributed by atoms with Crippen LogP contribution in [0.1, 0.15) is 10.9 Å². The largest absolute Gasteiger partial charge is 0.479 e. The normalized spacial score (nSPS) is 11.7. The predicted octanol–water partition coefficient (Wildman–Crippen LogP) is 4.11. The van der Waals surface area contributed by atoms with Crippen LogP contribution in [0.25, 0.3) is 0 Å². The molecule has 0 fully saturated rings. The second-order valence-electron chi connectivity index (χ2n) is 3.99. The molecule has 8 heteroatoms. The highest BCUT2D eigenvalue weighted by atomic mass is 79.9. The van der Waals surface area contributed by atoms with Gasteiger partial charge in [-0.05, 0) is 39.5 Å². The van der Waals surface area contributed by atoms with Gasteiger partial charge in [0.05, 0.1) is 15.2 Å². The molecule has 0 radical (unpaired) electrons. The monoisotopic (exact) mass is 388 g/mol. The number of hydrogen-bond donors (Lipinski definition) is 3. The lowest BCUT2D eigenvalue weighted by atomic mass is 10.2. The molecule has 1 aromatic heterocycles. The number of carbonyl (C=O) groups is 2. The fraction of sp³-hybridized carbons (Fsp3) is 0.0769. The molecule has 1 heterocycles. The second kappa shape index (κ2) is 6.93. The minimum atomic E-state index is -1.13. The molecule has 5 nitrogen and oxygen atoms in total. The highest BCUT2D eigenvalue weighted by Crippen LogP contribution is 2.30. The molecule has 0 aliphatic rings. The molecule has 1 aromatic carbocycles. The van der Waals surface area contributed by atoms with E-state index >= 15 is 0 Å². The molecule has 0 aliphatic heterocycles. The van der Waals surface area contributed by atoms with Crippen LogP contribution in [0.5, 0.6) is 0 Å². The molecule has 2 amide bonds. The lowest BCUT2D eigenvalue weighted by Crippen LogP contribution is -2.36. The smallest absolute Gasteiger partial charge is 0.331 e. The molecule has 0 aliphatic carbocycles. The molecule has 21 heavy (non-hydrogen) atoms. The SMILES string of the molecule is O=C(Nc1cccc(Cl)c1Br)NC(C(=O)O)c1cccs1. The number of benzene rings is 1. The summed E-state index contributed by atoms with van der Waals surface area (Å²) >= 11 is 10.4. The van der Waals surface area contributed by atoms with Gasteiger partial charge in [-0.3, -0.25) is 0 Å². The van der Waals surface area contributed by atoms with E-state index in [1.165, 1.54) is 11.3 Å². The summed E-state index contributed by atoms with van der Waals surface area (Å²) in [5.74, 6) is -1.13. The number of carboxylic acid groups (broad SMARTS) is 1. The van der Waals surface area contributed by atoms with Crippen LogP contribution in [0.3, 0.4) is 0 Å². The number of nitrogens with one attached hydrogen (secondary N) is 2. The zero-order valence-electron chi connectivity index (χ0n) is 10.5. The lowest BCUT2D eigenvalue weighted by Gasteiger charge is -2.14. The van der Waals surface area contributed by atoms with Gasteiger partial charge in [0.25, 0.3) is 0 Å². The number of halogens is 2. The first kappa shape index (κ1) is 15.8. The highest BCUT2D eigenvalue weighted by Gasteiger charge is 2.23. The Hall–Kier alpha value is -1.57. The van der Waals surface area contributed by atoms with E-state index in [1.54, 1.807) is 35.7 Å². The lowest BCUT2D eigenvalue weighted by molar-refractivity contribution is -0.139. The number of rotatable bonds is 4. The molecule has 0 saturated carbocycles. The Kier molecular flexibility index (Phi) is 5.22.